The van der Waals surface area contributed by atoms with Crippen molar-refractivity contribution in [1.29, 1.82) is 0 Å². The van der Waals surface area contributed by atoms with Gasteiger partial charge in [-0.2, -0.15) is 0 Å². The summed E-state index contributed by atoms with van der Waals surface area (Å²) in [5, 5.41) is 0. The third kappa shape index (κ3) is 2.69. The van der Waals surface area contributed by atoms with Gasteiger partial charge >= 0.3 is 0 Å². The SMILES string of the molecule is COc1ccc2[nH]c(C(=S)c3ccccc3N(C)C)nc2c1OC. The lowest BCUT2D eigenvalue weighted by molar-refractivity contribution is 0.358. The maximum Gasteiger partial charge on any atom is 0.188 e. The van der Waals surface area contributed by atoms with Crippen LogP contribution in [-0.4, -0.2) is 43.1 Å². The van der Waals surface area contributed by atoms with E-state index in [2.05, 4.69) is 9.97 Å². The molecule has 0 unspecified atom stereocenters. The van der Waals surface area contributed by atoms with Gasteiger partial charge in [0, 0.05) is 25.3 Å². The first-order valence-corrected chi connectivity index (χ1v) is 7.89. The fourth-order valence-electron chi connectivity index (χ4n) is 2.68. The lowest BCUT2D eigenvalue weighted by Crippen LogP contribution is -2.14. The number of aromatic amines is 1. The first-order valence-electron chi connectivity index (χ1n) is 7.48. The van der Waals surface area contributed by atoms with Gasteiger partial charge in [0.2, 0.25) is 0 Å². The molecule has 24 heavy (non-hydrogen) atoms. The third-order valence-electron chi connectivity index (χ3n) is 3.84. The molecule has 1 aromatic heterocycles. The van der Waals surface area contributed by atoms with Gasteiger partial charge in [-0.05, 0) is 18.2 Å². The molecule has 3 aromatic rings. The van der Waals surface area contributed by atoms with Gasteiger partial charge in [-0.15, -0.1) is 0 Å². The van der Waals surface area contributed by atoms with Gasteiger partial charge < -0.3 is 19.4 Å². The Labute approximate surface area is 146 Å². The number of methoxy groups -OCH3 is 2. The molecule has 0 saturated carbocycles. The van der Waals surface area contributed by atoms with Gasteiger partial charge in [0.25, 0.3) is 0 Å². The average molecular weight is 341 g/mol. The van der Waals surface area contributed by atoms with Crippen LogP contribution in [0, 0.1) is 0 Å². The van der Waals surface area contributed by atoms with Crippen molar-refractivity contribution >= 4 is 33.8 Å². The van der Waals surface area contributed by atoms with Gasteiger partial charge in [-0.3, -0.25) is 0 Å². The molecule has 0 radical (unpaired) electrons. The Morgan fingerprint density at radius 2 is 1.83 bits per heavy atom. The highest BCUT2D eigenvalue weighted by molar-refractivity contribution is 7.81. The molecule has 1 N–H and O–H groups in total. The minimum Gasteiger partial charge on any atom is -0.493 e. The Balaban J connectivity index is 2.12. The number of para-hydroxylation sites is 1. The third-order valence-corrected chi connectivity index (χ3v) is 4.25. The van der Waals surface area contributed by atoms with E-state index in [1.54, 1.807) is 14.2 Å². The highest BCUT2D eigenvalue weighted by Gasteiger charge is 2.18. The summed E-state index contributed by atoms with van der Waals surface area (Å²) in [7, 11) is 7.20. The van der Waals surface area contributed by atoms with Crippen LogP contribution in [0.2, 0.25) is 0 Å². The Morgan fingerprint density at radius 3 is 2.50 bits per heavy atom. The van der Waals surface area contributed by atoms with E-state index in [9.17, 15) is 0 Å². The number of anilines is 1. The smallest absolute Gasteiger partial charge is 0.188 e. The quantitative estimate of drug-likeness (QED) is 0.569. The summed E-state index contributed by atoms with van der Waals surface area (Å²) in [4.78, 5) is 10.6. The summed E-state index contributed by atoms with van der Waals surface area (Å²) in [6, 6.07) is 11.8. The molecule has 0 bridgehead atoms. The average Bonchev–Trinajstić information content (AvgIpc) is 3.04. The monoisotopic (exact) mass is 341 g/mol. The molecule has 0 atom stereocenters. The highest BCUT2D eigenvalue weighted by atomic mass is 32.1. The molecule has 0 fully saturated rings. The first-order chi connectivity index (χ1) is 11.6. The number of nitrogens with zero attached hydrogens (tertiary/aromatic N) is 2. The lowest BCUT2D eigenvalue weighted by Gasteiger charge is -2.17. The van der Waals surface area contributed by atoms with E-state index >= 15 is 0 Å². The van der Waals surface area contributed by atoms with E-state index < -0.39 is 0 Å². The van der Waals surface area contributed by atoms with Crippen LogP contribution in [0.5, 0.6) is 11.5 Å². The Bertz CT molecular complexity index is 902. The molecule has 0 amide bonds. The standard InChI is InChI=1S/C18H19N3O2S/c1-21(2)13-8-6-5-7-11(13)17(24)18-19-12-9-10-14(22-3)16(23-4)15(12)20-18/h5-10H,1-4H3,(H,19,20). The van der Waals surface area contributed by atoms with Gasteiger partial charge in [0.05, 0.1) is 24.6 Å². The normalized spacial score (nSPS) is 10.7. The first kappa shape index (κ1) is 16.3. The Morgan fingerprint density at radius 1 is 1.08 bits per heavy atom. The number of nitrogens with one attached hydrogen (secondary N) is 1. The van der Waals surface area contributed by atoms with Crippen molar-refractivity contribution in [2.75, 3.05) is 33.2 Å². The van der Waals surface area contributed by atoms with Gasteiger partial charge in [-0.1, -0.05) is 30.4 Å². The molecule has 3 rings (SSSR count). The van der Waals surface area contributed by atoms with E-state index in [1.165, 1.54) is 0 Å². The molecule has 0 aliphatic carbocycles. The number of thiocarbonyl (C=S) groups is 1. The van der Waals surface area contributed by atoms with Gasteiger partial charge in [0.1, 0.15) is 11.3 Å². The summed E-state index contributed by atoms with van der Waals surface area (Å²) in [6.07, 6.45) is 0. The second kappa shape index (κ2) is 6.49. The molecular formula is C18H19N3O2S. The molecule has 5 nitrogen and oxygen atoms in total. The lowest BCUT2D eigenvalue weighted by atomic mass is 10.1. The van der Waals surface area contributed by atoms with E-state index in [0.29, 0.717) is 27.7 Å². The van der Waals surface area contributed by atoms with E-state index in [1.807, 2.05) is 55.4 Å². The van der Waals surface area contributed by atoms with E-state index in [4.69, 9.17) is 21.7 Å². The molecule has 0 aliphatic rings. The van der Waals surface area contributed by atoms with E-state index in [-0.39, 0.29) is 0 Å². The molecule has 6 heteroatoms. The van der Waals surface area contributed by atoms with Crippen LogP contribution in [0.1, 0.15) is 11.4 Å². The number of imidazole rings is 1. The number of rotatable bonds is 5. The van der Waals surface area contributed by atoms with Crippen molar-refractivity contribution in [2.24, 2.45) is 0 Å². The molecule has 124 valence electrons. The number of benzene rings is 2. The molecule has 0 aliphatic heterocycles. The van der Waals surface area contributed by atoms with E-state index in [0.717, 1.165) is 16.8 Å². The molecule has 1 heterocycles. The molecule has 2 aromatic carbocycles. The summed E-state index contributed by atoms with van der Waals surface area (Å²) in [5.41, 5.74) is 3.57. The van der Waals surface area contributed by atoms with Crippen LogP contribution in [0.3, 0.4) is 0 Å². The van der Waals surface area contributed by atoms with Crippen molar-refractivity contribution in [2.45, 2.75) is 0 Å². The van der Waals surface area contributed by atoms with Crippen LogP contribution in [-0.2, 0) is 0 Å². The van der Waals surface area contributed by atoms with Gasteiger partial charge in [0.15, 0.2) is 11.5 Å². The second-order valence-electron chi connectivity index (χ2n) is 5.52. The number of H-pyrrole nitrogens is 1. The second-order valence-corrected chi connectivity index (χ2v) is 5.93. The Hall–Kier alpha value is -2.60. The number of hydrogen-bond acceptors (Lipinski definition) is 5. The van der Waals surface area contributed by atoms with Crippen molar-refractivity contribution in [3.05, 3.63) is 47.8 Å². The van der Waals surface area contributed by atoms with Crippen LogP contribution >= 0.6 is 12.2 Å². The zero-order chi connectivity index (χ0) is 17.3. The predicted molar refractivity (Wildman–Crippen MR) is 101 cm³/mol. The molecule has 0 spiro atoms. The summed E-state index contributed by atoms with van der Waals surface area (Å²) < 4.78 is 10.8. The summed E-state index contributed by atoms with van der Waals surface area (Å²) >= 11 is 5.68. The number of aromatic nitrogens is 2. The Kier molecular flexibility index (Phi) is 4.40. The zero-order valence-corrected chi connectivity index (χ0v) is 14.9. The van der Waals surface area contributed by atoms with Crippen LogP contribution < -0.4 is 14.4 Å². The number of fused-ring (bicyclic) bond motifs is 1. The predicted octanol–water partition coefficient (Wildman–Crippen LogP) is 3.41. The maximum atomic E-state index is 5.68. The van der Waals surface area contributed by atoms with Crippen LogP contribution in [0.25, 0.3) is 11.0 Å². The van der Waals surface area contributed by atoms with Crippen LogP contribution in [0.15, 0.2) is 36.4 Å². The molecular weight excluding hydrogens is 322 g/mol. The zero-order valence-electron chi connectivity index (χ0n) is 14.1. The fraction of sp³-hybridized carbons (Fsp3) is 0.222. The minimum absolute atomic E-state index is 0.598. The molecule has 0 saturated heterocycles. The summed E-state index contributed by atoms with van der Waals surface area (Å²) in [6.45, 7) is 0. The largest absolute Gasteiger partial charge is 0.493 e. The van der Waals surface area contributed by atoms with Crippen molar-refractivity contribution in [3.63, 3.8) is 0 Å². The van der Waals surface area contributed by atoms with Gasteiger partial charge in [-0.25, -0.2) is 4.98 Å². The van der Waals surface area contributed by atoms with Crippen molar-refractivity contribution < 1.29 is 9.47 Å². The van der Waals surface area contributed by atoms with Crippen molar-refractivity contribution in [1.82, 2.24) is 9.97 Å². The van der Waals surface area contributed by atoms with Crippen molar-refractivity contribution in [3.8, 4) is 11.5 Å². The summed E-state index contributed by atoms with van der Waals surface area (Å²) in [5.74, 6) is 1.88. The maximum absolute atomic E-state index is 5.68. The topological polar surface area (TPSA) is 50.4 Å². The number of ether oxygens (including phenoxy) is 2. The fourth-order valence-corrected chi connectivity index (χ4v) is 2.95. The number of hydrogen-bond donors (Lipinski definition) is 1. The minimum atomic E-state index is 0.598. The van der Waals surface area contributed by atoms with Crippen LogP contribution in [0.4, 0.5) is 5.69 Å². The highest BCUT2D eigenvalue weighted by Crippen LogP contribution is 2.34.